The zero-order chi connectivity index (χ0) is 13.9. The van der Waals surface area contributed by atoms with Gasteiger partial charge in [0, 0.05) is 4.90 Å². The number of methoxy groups -OCH3 is 1. The Morgan fingerprint density at radius 2 is 2.06 bits per heavy atom. The molecule has 1 aromatic rings. The molecule has 98 valence electrons. The minimum Gasteiger partial charge on any atom is -0.468 e. The summed E-state index contributed by atoms with van der Waals surface area (Å²) >= 11 is 12.1. The average molecular weight is 311 g/mol. The van der Waals surface area contributed by atoms with Crippen molar-refractivity contribution in [3.8, 4) is 0 Å². The van der Waals surface area contributed by atoms with E-state index in [4.69, 9.17) is 23.2 Å². The molecule has 1 aromatic carbocycles. The highest BCUT2D eigenvalue weighted by Gasteiger charge is 2.19. The molecule has 0 aliphatic carbocycles. The van der Waals surface area contributed by atoms with E-state index in [9.17, 15) is 14.0 Å². The lowest BCUT2D eigenvalue weighted by Crippen LogP contribution is -2.14. The molecular weight excluding hydrogens is 302 g/mol. The molecule has 0 radical (unpaired) electrons. The Kier molecular flexibility index (Phi) is 5.44. The summed E-state index contributed by atoms with van der Waals surface area (Å²) in [6.07, 6.45) is 0. The Balaban J connectivity index is 3.06. The second kappa shape index (κ2) is 6.41. The minimum absolute atomic E-state index is 0.106. The molecule has 1 unspecified atom stereocenters. The molecule has 0 N–H and O–H groups in total. The number of hydrogen-bond donors (Lipinski definition) is 0. The molecule has 1 atom stereocenters. The molecule has 3 nitrogen and oxygen atoms in total. The lowest BCUT2D eigenvalue weighted by atomic mass is 10.2. The SMILES string of the molecule is COC(=O)C(C)Sc1cc(C(=O)Cl)c(F)cc1Cl. The Labute approximate surface area is 118 Å². The van der Waals surface area contributed by atoms with Crippen molar-refractivity contribution in [2.75, 3.05) is 7.11 Å². The zero-order valence-electron chi connectivity index (χ0n) is 9.50. The van der Waals surface area contributed by atoms with Crippen molar-refractivity contribution in [1.29, 1.82) is 0 Å². The molecule has 7 heteroatoms. The standard InChI is InChI=1S/C11H9Cl2FO3S/c1-5(11(16)17-2)18-9-3-6(10(13)15)8(14)4-7(9)12/h3-5H,1-2H3. The highest BCUT2D eigenvalue weighted by Crippen LogP contribution is 2.33. The van der Waals surface area contributed by atoms with Crippen molar-refractivity contribution >= 4 is 46.2 Å². The number of carbonyl (C=O) groups is 2. The normalized spacial score (nSPS) is 12.1. The predicted octanol–water partition coefficient (Wildman–Crippen LogP) is 3.51. The van der Waals surface area contributed by atoms with E-state index in [-0.39, 0.29) is 10.6 Å². The summed E-state index contributed by atoms with van der Waals surface area (Å²) in [5, 5.41) is -1.34. The van der Waals surface area contributed by atoms with Crippen LogP contribution in [0.4, 0.5) is 4.39 Å². The summed E-state index contributed by atoms with van der Waals surface area (Å²) < 4.78 is 17.9. The lowest BCUT2D eigenvalue weighted by Gasteiger charge is -2.11. The molecule has 0 saturated carbocycles. The Morgan fingerprint density at radius 1 is 1.44 bits per heavy atom. The number of carbonyl (C=O) groups excluding carboxylic acids is 2. The minimum atomic E-state index is -0.920. The van der Waals surface area contributed by atoms with Crippen LogP contribution in [0.1, 0.15) is 17.3 Å². The monoisotopic (exact) mass is 310 g/mol. The maximum Gasteiger partial charge on any atom is 0.318 e. The van der Waals surface area contributed by atoms with E-state index in [0.717, 1.165) is 17.8 Å². The predicted molar refractivity (Wildman–Crippen MR) is 68.9 cm³/mol. The highest BCUT2D eigenvalue weighted by molar-refractivity contribution is 8.00. The molecule has 18 heavy (non-hydrogen) atoms. The molecule has 0 aliphatic rings. The fourth-order valence-corrected chi connectivity index (χ4v) is 2.53. The van der Waals surface area contributed by atoms with Gasteiger partial charge < -0.3 is 4.74 Å². The van der Waals surface area contributed by atoms with E-state index < -0.39 is 22.3 Å². The quantitative estimate of drug-likeness (QED) is 0.485. The van der Waals surface area contributed by atoms with Crippen LogP contribution in [0.3, 0.4) is 0 Å². The van der Waals surface area contributed by atoms with E-state index in [1.165, 1.54) is 13.2 Å². The Hall–Kier alpha value is -0.780. The van der Waals surface area contributed by atoms with Crippen LogP contribution in [-0.4, -0.2) is 23.6 Å². The number of thioether (sulfide) groups is 1. The summed E-state index contributed by atoms with van der Waals surface area (Å²) in [6, 6.07) is 2.21. The first-order valence-corrected chi connectivity index (χ1v) is 6.43. The first-order chi connectivity index (χ1) is 8.36. The second-order valence-corrected chi connectivity index (χ2v) is 5.45. The zero-order valence-corrected chi connectivity index (χ0v) is 11.8. The van der Waals surface area contributed by atoms with Crippen molar-refractivity contribution in [3.05, 3.63) is 28.5 Å². The van der Waals surface area contributed by atoms with Gasteiger partial charge in [-0.05, 0) is 30.7 Å². The maximum atomic E-state index is 13.4. The van der Waals surface area contributed by atoms with Crippen LogP contribution < -0.4 is 0 Å². The summed E-state index contributed by atoms with van der Waals surface area (Å²) in [7, 11) is 1.26. The van der Waals surface area contributed by atoms with Crippen LogP contribution in [0.2, 0.25) is 5.02 Å². The van der Waals surface area contributed by atoms with E-state index in [1.54, 1.807) is 6.92 Å². The lowest BCUT2D eigenvalue weighted by molar-refractivity contribution is -0.139. The summed E-state index contributed by atoms with van der Waals surface area (Å²) in [4.78, 5) is 22.6. The Bertz CT molecular complexity index is 493. The third-order valence-corrected chi connectivity index (χ3v) is 3.84. The molecule has 0 fully saturated rings. The molecule has 0 saturated heterocycles. The third-order valence-electron chi connectivity index (χ3n) is 2.07. The van der Waals surface area contributed by atoms with Crippen LogP contribution in [0.5, 0.6) is 0 Å². The van der Waals surface area contributed by atoms with Crippen LogP contribution in [-0.2, 0) is 9.53 Å². The summed E-state index contributed by atoms with van der Waals surface area (Å²) in [5.41, 5.74) is -0.277. The first-order valence-electron chi connectivity index (χ1n) is 4.80. The van der Waals surface area contributed by atoms with E-state index >= 15 is 0 Å². The molecule has 0 aliphatic heterocycles. The van der Waals surface area contributed by atoms with Gasteiger partial charge in [-0.2, -0.15) is 0 Å². The number of halogens is 3. The van der Waals surface area contributed by atoms with Crippen molar-refractivity contribution in [3.63, 3.8) is 0 Å². The van der Waals surface area contributed by atoms with Crippen LogP contribution in [0, 0.1) is 5.82 Å². The number of ether oxygens (including phenoxy) is 1. The third kappa shape index (κ3) is 3.60. The number of rotatable bonds is 4. The highest BCUT2D eigenvalue weighted by atomic mass is 35.5. The molecule has 0 aromatic heterocycles. The summed E-state index contributed by atoms with van der Waals surface area (Å²) in [5.74, 6) is -1.24. The van der Waals surface area contributed by atoms with Gasteiger partial charge in [-0.1, -0.05) is 11.6 Å². The summed E-state index contributed by atoms with van der Waals surface area (Å²) in [6.45, 7) is 1.61. The topological polar surface area (TPSA) is 43.4 Å². The van der Waals surface area contributed by atoms with Crippen molar-refractivity contribution in [2.24, 2.45) is 0 Å². The number of esters is 1. The van der Waals surface area contributed by atoms with Gasteiger partial charge in [-0.25, -0.2) is 4.39 Å². The van der Waals surface area contributed by atoms with Gasteiger partial charge in [0.15, 0.2) is 0 Å². The van der Waals surface area contributed by atoms with Gasteiger partial charge in [0.1, 0.15) is 11.1 Å². The fraction of sp³-hybridized carbons (Fsp3) is 0.273. The smallest absolute Gasteiger partial charge is 0.318 e. The molecule has 0 amide bonds. The largest absolute Gasteiger partial charge is 0.468 e. The van der Waals surface area contributed by atoms with Crippen molar-refractivity contribution in [1.82, 2.24) is 0 Å². The van der Waals surface area contributed by atoms with E-state index in [0.29, 0.717) is 4.90 Å². The van der Waals surface area contributed by atoms with Crippen molar-refractivity contribution < 1.29 is 18.7 Å². The van der Waals surface area contributed by atoms with Gasteiger partial charge >= 0.3 is 5.97 Å². The number of benzene rings is 1. The van der Waals surface area contributed by atoms with Gasteiger partial charge in [-0.15, -0.1) is 11.8 Å². The molecule has 0 heterocycles. The van der Waals surface area contributed by atoms with Gasteiger partial charge in [0.25, 0.3) is 5.24 Å². The molecule has 0 bridgehead atoms. The van der Waals surface area contributed by atoms with Gasteiger partial charge in [0.05, 0.1) is 17.7 Å². The average Bonchev–Trinajstić information content (AvgIpc) is 2.30. The fourth-order valence-electron chi connectivity index (χ4n) is 1.17. The van der Waals surface area contributed by atoms with Crippen molar-refractivity contribution in [2.45, 2.75) is 17.1 Å². The van der Waals surface area contributed by atoms with E-state index in [1.807, 2.05) is 0 Å². The van der Waals surface area contributed by atoms with E-state index in [2.05, 4.69) is 4.74 Å². The first kappa shape index (κ1) is 15.3. The van der Waals surface area contributed by atoms with Crippen LogP contribution in [0.15, 0.2) is 17.0 Å². The van der Waals surface area contributed by atoms with Crippen LogP contribution >= 0.6 is 35.0 Å². The second-order valence-electron chi connectivity index (χ2n) is 3.32. The van der Waals surface area contributed by atoms with Crippen LogP contribution in [0.25, 0.3) is 0 Å². The molecule has 1 rings (SSSR count). The van der Waals surface area contributed by atoms with Gasteiger partial charge in [-0.3, -0.25) is 9.59 Å². The molecular formula is C11H9Cl2FO3S. The van der Waals surface area contributed by atoms with Gasteiger partial charge in [0.2, 0.25) is 0 Å². The number of hydrogen-bond acceptors (Lipinski definition) is 4. The maximum absolute atomic E-state index is 13.4. The molecule has 0 spiro atoms. The Morgan fingerprint density at radius 3 is 2.56 bits per heavy atom.